The summed E-state index contributed by atoms with van der Waals surface area (Å²) in [5, 5.41) is 1.82. The summed E-state index contributed by atoms with van der Waals surface area (Å²) in [5.74, 6) is 1.02. The van der Waals surface area contributed by atoms with E-state index in [4.69, 9.17) is 15.0 Å². The molecule has 10 aromatic rings. The molecule has 0 unspecified atom stereocenters. The number of halogens is 6. The fourth-order valence-electron chi connectivity index (χ4n) is 8.28. The Morgan fingerprint density at radius 1 is 0.359 bits per heavy atom. The van der Waals surface area contributed by atoms with Gasteiger partial charge in [-0.25, -0.2) is 15.0 Å². The Bertz CT molecular complexity index is 3200. The number of para-hydroxylation sites is 1. The molecule has 0 aliphatic heterocycles. The third-order valence-corrected chi connectivity index (χ3v) is 11.4. The number of fused-ring (bicyclic) bond motifs is 3. The molecular formula is C54H34F6N4. The van der Waals surface area contributed by atoms with Gasteiger partial charge in [0.05, 0.1) is 27.8 Å². The van der Waals surface area contributed by atoms with Crippen molar-refractivity contribution in [2.45, 2.75) is 19.3 Å². The molecule has 312 valence electrons. The highest BCUT2D eigenvalue weighted by atomic mass is 19.4. The van der Waals surface area contributed by atoms with Crippen molar-refractivity contribution in [3.63, 3.8) is 0 Å². The Morgan fingerprint density at radius 3 is 1.31 bits per heavy atom. The van der Waals surface area contributed by atoms with Gasteiger partial charge in [-0.3, -0.25) is 0 Å². The average molecular weight is 853 g/mol. The van der Waals surface area contributed by atoms with E-state index in [-0.39, 0.29) is 5.82 Å². The molecule has 0 saturated carbocycles. The first-order valence-electron chi connectivity index (χ1n) is 20.4. The zero-order valence-electron chi connectivity index (χ0n) is 34.0. The lowest BCUT2D eigenvalue weighted by Crippen LogP contribution is -2.06. The van der Waals surface area contributed by atoms with E-state index in [1.165, 1.54) is 24.3 Å². The predicted octanol–water partition coefficient (Wildman–Crippen LogP) is 15.3. The number of hydrogen-bond acceptors (Lipinski definition) is 3. The molecule has 0 amide bonds. The third kappa shape index (κ3) is 7.57. The van der Waals surface area contributed by atoms with Crippen molar-refractivity contribution in [3.8, 4) is 73.2 Å². The largest absolute Gasteiger partial charge is 0.416 e. The van der Waals surface area contributed by atoms with Crippen LogP contribution in [0.2, 0.25) is 0 Å². The number of nitrogens with zero attached hydrogens (tertiary/aromatic N) is 4. The normalized spacial score (nSPS) is 12.0. The van der Waals surface area contributed by atoms with E-state index < -0.39 is 23.5 Å². The van der Waals surface area contributed by atoms with Crippen LogP contribution in [0, 0.1) is 6.92 Å². The van der Waals surface area contributed by atoms with E-state index >= 15 is 0 Å². The van der Waals surface area contributed by atoms with Crippen LogP contribution in [0.5, 0.6) is 0 Å². The maximum Gasteiger partial charge on any atom is 0.416 e. The molecule has 8 aromatic carbocycles. The molecule has 0 atom stereocenters. The zero-order valence-corrected chi connectivity index (χ0v) is 34.0. The van der Waals surface area contributed by atoms with Gasteiger partial charge in [0.15, 0.2) is 17.5 Å². The van der Waals surface area contributed by atoms with Gasteiger partial charge in [-0.15, -0.1) is 0 Å². The number of alkyl halides is 6. The lowest BCUT2D eigenvalue weighted by Gasteiger charge is -2.21. The van der Waals surface area contributed by atoms with Crippen molar-refractivity contribution < 1.29 is 26.3 Å². The van der Waals surface area contributed by atoms with Crippen molar-refractivity contribution in [1.82, 2.24) is 19.5 Å². The summed E-state index contributed by atoms with van der Waals surface area (Å²) in [5.41, 5.74) is 7.34. The molecule has 0 saturated heterocycles. The second kappa shape index (κ2) is 15.8. The summed E-state index contributed by atoms with van der Waals surface area (Å²) in [6, 6.07) is 54.4. The van der Waals surface area contributed by atoms with Crippen LogP contribution in [0.1, 0.15) is 16.7 Å². The molecule has 0 spiro atoms. The first-order valence-corrected chi connectivity index (χ1v) is 20.4. The lowest BCUT2D eigenvalue weighted by molar-refractivity contribution is -0.138. The molecule has 10 heteroatoms. The standard InChI is InChI=1S/C54H34F6N4/c1-33-11-10-16-38(29-33)39-23-28-48-46(30-39)43-17-8-9-18-47(43)64(48)49-44(34-19-24-41(25-20-34)53(55,56)57)31-40(32-45(49)35-21-26-42(27-22-35)54(58,59)60)52-62-50(36-12-4-2-5-13-36)61-51(63-52)37-14-6-3-7-15-37/h2-32H,1H3. The molecule has 0 radical (unpaired) electrons. The van der Waals surface area contributed by atoms with Gasteiger partial charge in [-0.1, -0.05) is 139 Å². The molecule has 2 aromatic heterocycles. The van der Waals surface area contributed by atoms with Gasteiger partial charge in [0, 0.05) is 38.6 Å². The van der Waals surface area contributed by atoms with Gasteiger partial charge in [0.25, 0.3) is 0 Å². The van der Waals surface area contributed by atoms with Crippen LogP contribution in [-0.4, -0.2) is 19.5 Å². The predicted molar refractivity (Wildman–Crippen MR) is 242 cm³/mol. The summed E-state index contributed by atoms with van der Waals surface area (Å²) in [6.45, 7) is 2.03. The highest BCUT2D eigenvalue weighted by Crippen LogP contribution is 2.45. The van der Waals surface area contributed by atoms with E-state index in [2.05, 4.69) is 12.1 Å². The van der Waals surface area contributed by atoms with Gasteiger partial charge >= 0.3 is 12.4 Å². The van der Waals surface area contributed by atoms with Gasteiger partial charge in [-0.2, -0.15) is 26.3 Å². The fraction of sp³-hybridized carbons (Fsp3) is 0.0556. The quantitative estimate of drug-likeness (QED) is 0.150. The Balaban J connectivity index is 1.32. The van der Waals surface area contributed by atoms with Crippen LogP contribution < -0.4 is 0 Å². The lowest BCUT2D eigenvalue weighted by atomic mass is 9.91. The topological polar surface area (TPSA) is 43.6 Å². The van der Waals surface area contributed by atoms with Crippen LogP contribution in [0.4, 0.5) is 26.3 Å². The van der Waals surface area contributed by atoms with Crippen molar-refractivity contribution in [2.75, 3.05) is 0 Å². The first kappa shape index (κ1) is 40.2. The van der Waals surface area contributed by atoms with Crippen LogP contribution in [0.15, 0.2) is 188 Å². The molecule has 2 heterocycles. The van der Waals surface area contributed by atoms with Crippen LogP contribution in [0.25, 0.3) is 95.0 Å². The minimum absolute atomic E-state index is 0.255. The molecule has 0 fully saturated rings. The smallest absolute Gasteiger partial charge is 0.308 e. The van der Waals surface area contributed by atoms with E-state index in [9.17, 15) is 26.3 Å². The minimum atomic E-state index is -4.59. The van der Waals surface area contributed by atoms with E-state index in [0.29, 0.717) is 45.2 Å². The summed E-state index contributed by atoms with van der Waals surface area (Å²) >= 11 is 0. The molecule has 64 heavy (non-hydrogen) atoms. The monoisotopic (exact) mass is 852 g/mol. The van der Waals surface area contributed by atoms with Crippen LogP contribution in [0.3, 0.4) is 0 Å². The number of hydrogen-bond donors (Lipinski definition) is 0. The van der Waals surface area contributed by atoms with Crippen molar-refractivity contribution in [2.24, 2.45) is 0 Å². The third-order valence-electron chi connectivity index (χ3n) is 11.4. The van der Waals surface area contributed by atoms with E-state index in [1.807, 2.05) is 139 Å². The van der Waals surface area contributed by atoms with Crippen LogP contribution >= 0.6 is 0 Å². The Morgan fingerprint density at radius 2 is 0.797 bits per heavy atom. The van der Waals surface area contributed by atoms with Gasteiger partial charge < -0.3 is 4.57 Å². The Hall–Kier alpha value is -7.85. The van der Waals surface area contributed by atoms with Gasteiger partial charge in [-0.05, 0) is 83.8 Å². The zero-order chi connectivity index (χ0) is 44.2. The number of rotatable bonds is 7. The fourth-order valence-corrected chi connectivity index (χ4v) is 8.28. The number of aryl methyl sites for hydroxylation is 1. The van der Waals surface area contributed by atoms with Gasteiger partial charge in [0.1, 0.15) is 0 Å². The molecular weight excluding hydrogens is 819 g/mol. The Labute approximate surface area is 363 Å². The summed E-state index contributed by atoms with van der Waals surface area (Å²) in [6.07, 6.45) is -9.19. The highest BCUT2D eigenvalue weighted by Gasteiger charge is 2.32. The van der Waals surface area contributed by atoms with Crippen LogP contribution in [-0.2, 0) is 12.4 Å². The average Bonchev–Trinajstić information content (AvgIpc) is 3.64. The van der Waals surface area contributed by atoms with E-state index in [1.54, 1.807) is 0 Å². The van der Waals surface area contributed by atoms with Crippen molar-refractivity contribution >= 4 is 21.8 Å². The first-order chi connectivity index (χ1) is 30.9. The van der Waals surface area contributed by atoms with E-state index in [0.717, 1.165) is 73.9 Å². The summed E-state index contributed by atoms with van der Waals surface area (Å²) in [4.78, 5) is 14.8. The summed E-state index contributed by atoms with van der Waals surface area (Å²) < 4.78 is 86.6. The summed E-state index contributed by atoms with van der Waals surface area (Å²) in [7, 11) is 0. The Kier molecular flexibility index (Phi) is 9.94. The molecule has 0 aliphatic rings. The SMILES string of the molecule is Cc1cccc(-c2ccc3c(c2)c2ccccc2n3-c2c(-c3ccc(C(F)(F)F)cc3)cc(-c3nc(-c4ccccc4)nc(-c4ccccc4)n3)cc2-c2ccc(C(F)(F)F)cc2)c1. The molecule has 0 aliphatic carbocycles. The number of aromatic nitrogens is 4. The second-order valence-corrected chi connectivity index (χ2v) is 15.6. The number of benzene rings is 8. The molecule has 0 bridgehead atoms. The molecule has 10 rings (SSSR count). The maximum atomic E-state index is 14.1. The van der Waals surface area contributed by atoms with Crippen molar-refractivity contribution in [3.05, 3.63) is 205 Å². The van der Waals surface area contributed by atoms with Gasteiger partial charge in [0.2, 0.25) is 0 Å². The van der Waals surface area contributed by atoms with Crippen molar-refractivity contribution in [1.29, 1.82) is 0 Å². The molecule has 0 N–H and O–H groups in total. The second-order valence-electron chi connectivity index (χ2n) is 15.6. The highest BCUT2D eigenvalue weighted by molar-refractivity contribution is 6.12. The molecule has 4 nitrogen and oxygen atoms in total. The minimum Gasteiger partial charge on any atom is -0.308 e. The maximum absolute atomic E-state index is 14.1.